The van der Waals surface area contributed by atoms with Gasteiger partial charge < -0.3 is 9.47 Å². The van der Waals surface area contributed by atoms with Gasteiger partial charge in [-0.2, -0.15) is 5.10 Å². The van der Waals surface area contributed by atoms with Crippen LogP contribution in [0.25, 0.3) is 11.3 Å². The number of fused-ring (bicyclic) bond motifs is 1. The maximum absolute atomic E-state index is 13.6. The molecule has 7 heteroatoms. The molecule has 1 N–H and O–H groups in total. The maximum atomic E-state index is 13.6. The lowest BCUT2D eigenvalue weighted by Gasteiger charge is -2.26. The van der Waals surface area contributed by atoms with Crippen molar-refractivity contribution in [3.63, 3.8) is 0 Å². The van der Waals surface area contributed by atoms with E-state index < -0.39 is 5.97 Å². The minimum atomic E-state index is -0.390. The summed E-state index contributed by atoms with van der Waals surface area (Å²) < 4.78 is 10.7. The van der Waals surface area contributed by atoms with Crippen LogP contribution in [0.4, 0.5) is 5.69 Å². The lowest BCUT2D eigenvalue weighted by molar-refractivity contribution is 0.0526. The number of ether oxygens (including phenoxy) is 2. The Morgan fingerprint density at radius 2 is 1.66 bits per heavy atom. The zero-order valence-electron chi connectivity index (χ0n) is 19.5. The van der Waals surface area contributed by atoms with Gasteiger partial charge in [0.25, 0.3) is 5.91 Å². The fourth-order valence-corrected chi connectivity index (χ4v) is 4.43. The molecule has 0 radical (unpaired) electrons. The number of amides is 1. The van der Waals surface area contributed by atoms with Crippen molar-refractivity contribution < 1.29 is 19.1 Å². The van der Waals surface area contributed by atoms with E-state index in [0.29, 0.717) is 30.2 Å². The van der Waals surface area contributed by atoms with Gasteiger partial charge in [-0.05, 0) is 67.9 Å². The van der Waals surface area contributed by atoms with Gasteiger partial charge in [-0.15, -0.1) is 0 Å². The molecule has 35 heavy (non-hydrogen) atoms. The Morgan fingerprint density at radius 1 is 0.943 bits per heavy atom. The number of hydrogen-bond acceptors (Lipinski definition) is 5. The van der Waals surface area contributed by atoms with Gasteiger partial charge in [0.15, 0.2) is 0 Å². The van der Waals surface area contributed by atoms with Crippen molar-refractivity contribution in [2.45, 2.75) is 19.9 Å². The molecular formula is C28H25N3O4. The summed E-state index contributed by atoms with van der Waals surface area (Å²) >= 11 is 0. The summed E-state index contributed by atoms with van der Waals surface area (Å²) in [6, 6.07) is 24.1. The molecule has 1 atom stereocenters. The van der Waals surface area contributed by atoms with Gasteiger partial charge in [-0.3, -0.25) is 14.8 Å². The molecule has 2 heterocycles. The quantitative estimate of drug-likeness (QED) is 0.368. The first-order valence-electron chi connectivity index (χ1n) is 11.6. The molecule has 4 aromatic rings. The van der Waals surface area contributed by atoms with E-state index in [4.69, 9.17) is 9.47 Å². The molecule has 7 nitrogen and oxygen atoms in total. The van der Waals surface area contributed by atoms with E-state index in [9.17, 15) is 9.59 Å². The molecular weight excluding hydrogens is 442 g/mol. The number of esters is 1. The van der Waals surface area contributed by atoms with Crippen molar-refractivity contribution >= 4 is 17.6 Å². The van der Waals surface area contributed by atoms with Gasteiger partial charge in [0.05, 0.1) is 30.5 Å². The smallest absolute Gasteiger partial charge is 0.338 e. The number of nitrogens with one attached hydrogen (secondary N) is 1. The molecule has 0 fully saturated rings. The number of nitrogens with zero attached hydrogens (tertiary/aromatic N) is 2. The third kappa shape index (κ3) is 4.05. The molecule has 0 saturated carbocycles. The Bertz CT molecular complexity index is 1350. The van der Waals surface area contributed by atoms with E-state index in [-0.39, 0.29) is 11.9 Å². The third-order valence-corrected chi connectivity index (χ3v) is 5.98. The minimum Gasteiger partial charge on any atom is -0.494 e. The number of benzene rings is 3. The van der Waals surface area contributed by atoms with E-state index >= 15 is 0 Å². The number of aromatic nitrogens is 2. The number of carbonyl (C=O) groups excluding carboxylic acids is 2. The van der Waals surface area contributed by atoms with Crippen molar-refractivity contribution in [1.82, 2.24) is 10.2 Å². The van der Waals surface area contributed by atoms with Crippen molar-refractivity contribution in [3.05, 3.63) is 101 Å². The molecule has 1 amide bonds. The van der Waals surface area contributed by atoms with E-state index in [1.165, 1.54) is 0 Å². The van der Waals surface area contributed by atoms with Crippen molar-refractivity contribution in [3.8, 4) is 17.0 Å². The van der Waals surface area contributed by atoms with Crippen LogP contribution in [-0.2, 0) is 4.74 Å². The molecule has 1 aliphatic heterocycles. The highest BCUT2D eigenvalue weighted by atomic mass is 16.5. The summed E-state index contributed by atoms with van der Waals surface area (Å²) in [4.78, 5) is 27.5. The second kappa shape index (κ2) is 9.46. The average Bonchev–Trinajstić information content (AvgIpc) is 3.44. The normalized spacial score (nSPS) is 14.6. The van der Waals surface area contributed by atoms with E-state index in [1.807, 2.05) is 61.5 Å². The summed E-state index contributed by atoms with van der Waals surface area (Å²) in [5.74, 6) is 0.212. The fraction of sp³-hybridized carbons (Fsp3) is 0.179. The number of hydrogen-bond donors (Lipinski definition) is 1. The zero-order valence-corrected chi connectivity index (χ0v) is 19.5. The van der Waals surface area contributed by atoms with Gasteiger partial charge in [-0.1, -0.05) is 30.3 Å². The average molecular weight is 468 g/mol. The number of anilines is 1. The lowest BCUT2D eigenvalue weighted by atomic mass is 9.96. The molecule has 176 valence electrons. The van der Waals surface area contributed by atoms with Crippen LogP contribution in [0.5, 0.6) is 5.75 Å². The van der Waals surface area contributed by atoms with Gasteiger partial charge in [0.2, 0.25) is 0 Å². The molecule has 1 aliphatic rings. The van der Waals surface area contributed by atoms with Crippen LogP contribution >= 0.6 is 0 Å². The van der Waals surface area contributed by atoms with Crippen LogP contribution < -0.4 is 9.64 Å². The maximum Gasteiger partial charge on any atom is 0.338 e. The standard InChI is InChI=1S/C28H25N3O4/c1-3-34-22-16-12-18(13-17-22)24-23-25(30-29-24)27(32)31(26(23)19-8-6-5-7-9-19)21-14-10-20(11-15-21)28(33)35-4-2/h5-17,26H,3-4H2,1-2H3,(H,29,30)/t26-/m1/s1. The number of carbonyl (C=O) groups is 2. The predicted molar refractivity (Wildman–Crippen MR) is 133 cm³/mol. The van der Waals surface area contributed by atoms with Crippen molar-refractivity contribution in [1.29, 1.82) is 0 Å². The van der Waals surface area contributed by atoms with Crippen LogP contribution in [0, 0.1) is 0 Å². The Hall–Kier alpha value is -4.39. The molecule has 3 aromatic carbocycles. The van der Waals surface area contributed by atoms with Crippen molar-refractivity contribution in [2.75, 3.05) is 18.1 Å². The molecule has 5 rings (SSSR count). The van der Waals surface area contributed by atoms with Crippen LogP contribution in [0.1, 0.15) is 51.9 Å². The first kappa shape index (κ1) is 22.4. The molecule has 0 saturated heterocycles. The third-order valence-electron chi connectivity index (χ3n) is 5.98. The monoisotopic (exact) mass is 467 g/mol. The number of aromatic amines is 1. The van der Waals surface area contributed by atoms with E-state index in [1.54, 1.807) is 36.1 Å². The van der Waals surface area contributed by atoms with Gasteiger partial charge >= 0.3 is 5.97 Å². The van der Waals surface area contributed by atoms with Crippen LogP contribution in [0.2, 0.25) is 0 Å². The summed E-state index contributed by atoms with van der Waals surface area (Å²) in [6.45, 7) is 4.60. The first-order valence-corrected chi connectivity index (χ1v) is 11.6. The van der Waals surface area contributed by atoms with Gasteiger partial charge in [0, 0.05) is 16.8 Å². The number of rotatable bonds is 7. The molecule has 1 aromatic heterocycles. The lowest BCUT2D eigenvalue weighted by Crippen LogP contribution is -2.29. The van der Waals surface area contributed by atoms with Gasteiger partial charge in [-0.25, -0.2) is 4.79 Å². The van der Waals surface area contributed by atoms with Crippen LogP contribution in [-0.4, -0.2) is 35.3 Å². The Labute approximate surface area is 203 Å². The minimum absolute atomic E-state index is 0.178. The Balaban J connectivity index is 1.58. The van der Waals surface area contributed by atoms with E-state index in [0.717, 1.165) is 28.1 Å². The fourth-order valence-electron chi connectivity index (χ4n) is 4.43. The topological polar surface area (TPSA) is 84.5 Å². The highest BCUT2D eigenvalue weighted by Gasteiger charge is 2.43. The van der Waals surface area contributed by atoms with E-state index in [2.05, 4.69) is 10.2 Å². The molecule has 0 bridgehead atoms. The van der Waals surface area contributed by atoms with Gasteiger partial charge in [0.1, 0.15) is 11.4 Å². The van der Waals surface area contributed by atoms with Crippen LogP contribution in [0.3, 0.4) is 0 Å². The number of H-pyrrole nitrogens is 1. The zero-order chi connectivity index (χ0) is 24.4. The second-order valence-electron chi connectivity index (χ2n) is 8.07. The summed E-state index contributed by atoms with van der Waals surface area (Å²) in [5.41, 5.74) is 4.96. The highest BCUT2D eigenvalue weighted by Crippen LogP contribution is 2.45. The summed E-state index contributed by atoms with van der Waals surface area (Å²) in [6.07, 6.45) is 0. The molecule has 0 spiro atoms. The molecule has 0 aliphatic carbocycles. The van der Waals surface area contributed by atoms with Crippen molar-refractivity contribution in [2.24, 2.45) is 0 Å². The molecule has 0 unspecified atom stereocenters. The SMILES string of the molecule is CCOC(=O)c1ccc(N2C(=O)c3[nH]nc(-c4ccc(OCC)cc4)c3[C@H]2c2ccccc2)cc1. The predicted octanol–water partition coefficient (Wildman–Crippen LogP) is 5.40. The highest BCUT2D eigenvalue weighted by molar-refractivity contribution is 6.12. The summed E-state index contributed by atoms with van der Waals surface area (Å²) in [5, 5.41) is 7.49. The van der Waals surface area contributed by atoms with Crippen LogP contribution in [0.15, 0.2) is 78.9 Å². The Kier molecular flexibility index (Phi) is 6.06. The summed E-state index contributed by atoms with van der Waals surface area (Å²) in [7, 11) is 0. The first-order chi connectivity index (χ1) is 17.1. The second-order valence-corrected chi connectivity index (χ2v) is 8.07. The largest absolute Gasteiger partial charge is 0.494 e. The Morgan fingerprint density at radius 3 is 2.31 bits per heavy atom.